The standard InChI is InChI=1S/C32H31N5O7/c1-4-42-31(39)29-20(2)35-32(40)36-30(29)22-12-13-26(27(15-22)41-3)44-19-28(38)37-34-17-21-8-7-11-25(14-21)43-18-24-10-6-5-9-23(24)16-33/h5-15,17,30H,4,18-19H2,1-3H3,(H,37,38)(H2,35,36,40)/b34-17+/t30-/m1/s1. The van der Waals surface area contributed by atoms with Gasteiger partial charge in [-0.15, -0.1) is 0 Å². The van der Waals surface area contributed by atoms with Crippen LogP contribution in [0.25, 0.3) is 0 Å². The Bertz CT molecular complexity index is 1640. The number of hydrazone groups is 1. The van der Waals surface area contributed by atoms with Gasteiger partial charge in [-0.3, -0.25) is 4.79 Å². The molecule has 0 saturated heterocycles. The highest BCUT2D eigenvalue weighted by atomic mass is 16.5. The predicted molar refractivity (Wildman–Crippen MR) is 160 cm³/mol. The van der Waals surface area contributed by atoms with Gasteiger partial charge in [0.1, 0.15) is 12.4 Å². The topological polar surface area (TPSA) is 160 Å². The molecule has 0 spiro atoms. The number of esters is 1. The van der Waals surface area contributed by atoms with Crippen molar-refractivity contribution in [3.05, 3.63) is 100 Å². The van der Waals surface area contributed by atoms with Crippen LogP contribution in [0.3, 0.4) is 0 Å². The van der Waals surface area contributed by atoms with Crippen molar-refractivity contribution in [2.75, 3.05) is 20.3 Å². The first kappa shape index (κ1) is 31.1. The molecule has 0 fully saturated rings. The molecule has 0 aromatic heterocycles. The van der Waals surface area contributed by atoms with Gasteiger partial charge in [0.05, 0.1) is 43.2 Å². The number of allylic oxidation sites excluding steroid dienone is 1. The lowest BCUT2D eigenvalue weighted by molar-refractivity contribution is -0.139. The van der Waals surface area contributed by atoms with Gasteiger partial charge in [0.2, 0.25) is 0 Å². The second-order valence-electron chi connectivity index (χ2n) is 9.41. The van der Waals surface area contributed by atoms with Crippen LogP contribution in [0.2, 0.25) is 0 Å². The van der Waals surface area contributed by atoms with Crippen molar-refractivity contribution in [3.63, 3.8) is 0 Å². The summed E-state index contributed by atoms with van der Waals surface area (Å²) in [6.07, 6.45) is 1.47. The van der Waals surface area contributed by atoms with E-state index >= 15 is 0 Å². The minimum Gasteiger partial charge on any atom is -0.493 e. The molecule has 44 heavy (non-hydrogen) atoms. The molecule has 1 atom stereocenters. The van der Waals surface area contributed by atoms with Crippen LogP contribution >= 0.6 is 0 Å². The number of benzene rings is 3. The summed E-state index contributed by atoms with van der Waals surface area (Å²) in [5.74, 6) is 0.0794. The van der Waals surface area contributed by atoms with Crippen LogP contribution < -0.4 is 30.3 Å². The van der Waals surface area contributed by atoms with Gasteiger partial charge in [-0.25, -0.2) is 15.0 Å². The molecule has 1 aliphatic heterocycles. The number of hydrogen-bond donors (Lipinski definition) is 3. The van der Waals surface area contributed by atoms with E-state index < -0.39 is 23.9 Å². The van der Waals surface area contributed by atoms with E-state index in [1.54, 1.807) is 68.4 Å². The van der Waals surface area contributed by atoms with Crippen LogP contribution in [0, 0.1) is 11.3 Å². The van der Waals surface area contributed by atoms with Crippen molar-refractivity contribution < 1.29 is 33.3 Å². The number of carbonyl (C=O) groups is 3. The Hall–Kier alpha value is -5.83. The zero-order chi connectivity index (χ0) is 31.5. The number of amides is 3. The number of rotatable bonds is 12. The summed E-state index contributed by atoms with van der Waals surface area (Å²) in [5, 5.41) is 18.5. The highest BCUT2D eigenvalue weighted by molar-refractivity contribution is 5.95. The van der Waals surface area contributed by atoms with E-state index in [4.69, 9.17) is 18.9 Å². The third-order valence-electron chi connectivity index (χ3n) is 6.44. The molecule has 0 radical (unpaired) electrons. The zero-order valence-electron chi connectivity index (χ0n) is 24.4. The van der Waals surface area contributed by atoms with Gasteiger partial charge in [0.25, 0.3) is 5.91 Å². The Kier molecular flexibility index (Phi) is 10.5. The van der Waals surface area contributed by atoms with E-state index in [2.05, 4.69) is 27.2 Å². The summed E-state index contributed by atoms with van der Waals surface area (Å²) in [7, 11) is 1.44. The average Bonchev–Trinajstić information content (AvgIpc) is 3.02. The molecule has 3 amide bonds. The van der Waals surface area contributed by atoms with Crippen molar-refractivity contribution in [1.82, 2.24) is 16.1 Å². The minimum absolute atomic E-state index is 0.180. The van der Waals surface area contributed by atoms with E-state index in [1.165, 1.54) is 13.3 Å². The molecule has 4 rings (SSSR count). The maximum Gasteiger partial charge on any atom is 0.338 e. The summed E-state index contributed by atoms with van der Waals surface area (Å²) in [6, 6.07) is 20.1. The molecule has 3 aromatic rings. The second kappa shape index (κ2) is 14.9. The molecular weight excluding hydrogens is 566 g/mol. The van der Waals surface area contributed by atoms with Crippen LogP contribution in [0.15, 0.2) is 83.1 Å². The van der Waals surface area contributed by atoms with Crippen molar-refractivity contribution >= 4 is 24.1 Å². The largest absolute Gasteiger partial charge is 0.493 e. The molecule has 226 valence electrons. The Morgan fingerprint density at radius 3 is 2.66 bits per heavy atom. The fraction of sp³-hybridized carbons (Fsp3) is 0.219. The van der Waals surface area contributed by atoms with Crippen molar-refractivity contribution in [2.45, 2.75) is 26.5 Å². The summed E-state index contributed by atoms with van der Waals surface area (Å²) in [5.41, 5.74) is 5.63. The lowest BCUT2D eigenvalue weighted by Crippen LogP contribution is -2.45. The van der Waals surface area contributed by atoms with Crippen LogP contribution in [0.1, 0.15) is 42.1 Å². The van der Waals surface area contributed by atoms with Gasteiger partial charge in [-0.1, -0.05) is 36.4 Å². The fourth-order valence-corrected chi connectivity index (χ4v) is 4.36. The minimum atomic E-state index is -0.777. The summed E-state index contributed by atoms with van der Waals surface area (Å²) >= 11 is 0. The molecule has 12 nitrogen and oxygen atoms in total. The van der Waals surface area contributed by atoms with E-state index in [9.17, 15) is 19.6 Å². The van der Waals surface area contributed by atoms with Gasteiger partial charge in [-0.05, 0) is 55.3 Å². The predicted octanol–water partition coefficient (Wildman–Crippen LogP) is 3.87. The van der Waals surface area contributed by atoms with Gasteiger partial charge in [0.15, 0.2) is 18.1 Å². The quantitative estimate of drug-likeness (QED) is 0.161. The normalized spacial score (nSPS) is 14.2. The van der Waals surface area contributed by atoms with Gasteiger partial charge in [0, 0.05) is 11.3 Å². The number of nitrogens with one attached hydrogen (secondary N) is 3. The number of carbonyl (C=O) groups excluding carboxylic acids is 3. The van der Waals surface area contributed by atoms with E-state index in [1.807, 2.05) is 12.1 Å². The smallest absolute Gasteiger partial charge is 0.338 e. The third-order valence-corrected chi connectivity index (χ3v) is 6.44. The maximum absolute atomic E-state index is 12.6. The number of hydrogen-bond acceptors (Lipinski definition) is 9. The summed E-state index contributed by atoms with van der Waals surface area (Å²) < 4.78 is 22.1. The molecule has 0 unspecified atom stereocenters. The van der Waals surface area contributed by atoms with Crippen molar-refractivity contribution in [1.29, 1.82) is 5.26 Å². The van der Waals surface area contributed by atoms with Crippen molar-refractivity contribution in [3.8, 4) is 23.3 Å². The number of methoxy groups -OCH3 is 1. The number of nitrogens with zero attached hydrogens (tertiary/aromatic N) is 2. The van der Waals surface area contributed by atoms with Crippen LogP contribution in [0.5, 0.6) is 17.2 Å². The molecule has 3 N–H and O–H groups in total. The third kappa shape index (κ3) is 7.92. The van der Waals surface area contributed by atoms with Gasteiger partial charge in [-0.2, -0.15) is 10.4 Å². The number of nitriles is 1. The summed E-state index contributed by atoms with van der Waals surface area (Å²) in [6.45, 7) is 3.38. The second-order valence-corrected chi connectivity index (χ2v) is 9.41. The first-order valence-electron chi connectivity index (χ1n) is 13.6. The molecule has 3 aromatic carbocycles. The Balaban J connectivity index is 1.34. The van der Waals surface area contributed by atoms with Crippen LogP contribution in [-0.4, -0.2) is 44.4 Å². The Morgan fingerprint density at radius 1 is 1.07 bits per heavy atom. The molecular formula is C32H31N5O7. The molecule has 0 saturated carbocycles. The average molecular weight is 598 g/mol. The first-order chi connectivity index (χ1) is 21.3. The molecule has 0 aliphatic carbocycles. The first-order valence-corrected chi connectivity index (χ1v) is 13.6. The Morgan fingerprint density at radius 2 is 1.89 bits per heavy atom. The molecule has 1 heterocycles. The lowest BCUT2D eigenvalue weighted by Gasteiger charge is -2.28. The fourth-order valence-electron chi connectivity index (χ4n) is 4.36. The van der Waals surface area contributed by atoms with Gasteiger partial charge >= 0.3 is 12.0 Å². The molecule has 0 bridgehead atoms. The number of ether oxygens (including phenoxy) is 4. The van der Waals surface area contributed by atoms with Gasteiger partial charge < -0.3 is 29.6 Å². The molecule has 1 aliphatic rings. The monoisotopic (exact) mass is 597 g/mol. The van der Waals surface area contributed by atoms with Crippen LogP contribution in [0.4, 0.5) is 4.79 Å². The highest BCUT2D eigenvalue weighted by Crippen LogP contribution is 2.34. The van der Waals surface area contributed by atoms with E-state index in [0.29, 0.717) is 33.9 Å². The van der Waals surface area contributed by atoms with E-state index in [0.717, 1.165) is 5.56 Å². The van der Waals surface area contributed by atoms with E-state index in [-0.39, 0.29) is 31.1 Å². The van der Waals surface area contributed by atoms with Crippen molar-refractivity contribution in [2.24, 2.45) is 5.10 Å². The summed E-state index contributed by atoms with van der Waals surface area (Å²) in [4.78, 5) is 37.1. The number of urea groups is 1. The zero-order valence-corrected chi connectivity index (χ0v) is 24.4. The SMILES string of the molecule is CCOC(=O)C1=C(C)NC(=O)N[C@@H]1c1ccc(OCC(=O)N/N=C/c2cccc(OCc3ccccc3C#N)c2)c(OC)c1. The molecule has 12 heteroatoms. The highest BCUT2D eigenvalue weighted by Gasteiger charge is 2.32. The maximum atomic E-state index is 12.6. The lowest BCUT2D eigenvalue weighted by atomic mass is 9.95. The Labute approximate surface area is 254 Å². The van der Waals surface area contributed by atoms with Crippen LogP contribution in [-0.2, 0) is 20.9 Å².